The molecule has 0 atom stereocenters. The number of hydrogen-bond acceptors (Lipinski definition) is 0. The molecular formula is C26H37Si2. The molecule has 1 aliphatic carbocycles. The Balaban J connectivity index is 2.31. The molecule has 2 aromatic carbocycles. The summed E-state index contributed by atoms with van der Waals surface area (Å²) in [5.74, 6) is 0.566. The van der Waals surface area contributed by atoms with Gasteiger partial charge in [-0.2, -0.15) is 0 Å². The van der Waals surface area contributed by atoms with Crippen LogP contribution in [0.25, 0.3) is 17.2 Å². The van der Waals surface area contributed by atoms with Gasteiger partial charge in [-0.25, -0.2) is 0 Å². The van der Waals surface area contributed by atoms with Gasteiger partial charge in [-0.15, -0.1) is 0 Å². The van der Waals surface area contributed by atoms with E-state index in [1.165, 1.54) is 33.4 Å². The molecule has 0 fully saturated rings. The van der Waals surface area contributed by atoms with Gasteiger partial charge in [-0.05, 0) is 40.2 Å². The molecule has 2 aromatic rings. The molecule has 0 saturated carbocycles. The fraction of sp³-hybridized carbons (Fsp3) is 0.423. The van der Waals surface area contributed by atoms with E-state index in [0.717, 1.165) is 6.42 Å². The maximum Gasteiger partial charge on any atom is 0.0776 e. The second-order valence-corrected chi connectivity index (χ2v) is 20.9. The van der Waals surface area contributed by atoms with Gasteiger partial charge in [0.15, 0.2) is 0 Å². The van der Waals surface area contributed by atoms with Crippen molar-refractivity contribution >= 4 is 32.6 Å². The van der Waals surface area contributed by atoms with Gasteiger partial charge in [0.05, 0.1) is 16.1 Å². The first-order valence-corrected chi connectivity index (χ1v) is 17.8. The van der Waals surface area contributed by atoms with E-state index >= 15 is 0 Å². The zero-order chi connectivity index (χ0) is 20.9. The van der Waals surface area contributed by atoms with E-state index in [4.69, 9.17) is 0 Å². The van der Waals surface area contributed by atoms with Crippen molar-refractivity contribution in [2.24, 2.45) is 5.92 Å². The summed E-state index contributed by atoms with van der Waals surface area (Å²) in [6.45, 7) is 21.7. The van der Waals surface area contributed by atoms with E-state index in [-0.39, 0.29) is 0 Å². The van der Waals surface area contributed by atoms with Crippen LogP contribution in [0.3, 0.4) is 0 Å². The second kappa shape index (κ2) is 7.46. The third-order valence-electron chi connectivity index (χ3n) is 6.00. The maximum atomic E-state index is 2.54. The van der Waals surface area contributed by atoms with Crippen LogP contribution in [0.5, 0.6) is 0 Å². The van der Waals surface area contributed by atoms with E-state index in [0.29, 0.717) is 5.92 Å². The predicted octanol–water partition coefficient (Wildman–Crippen LogP) is 6.61. The summed E-state index contributed by atoms with van der Waals surface area (Å²) >= 11 is 0. The first-order chi connectivity index (χ1) is 12.9. The average molecular weight is 406 g/mol. The van der Waals surface area contributed by atoms with Crippen LogP contribution in [0.4, 0.5) is 0 Å². The topological polar surface area (TPSA) is 0 Å². The molecule has 0 aliphatic heterocycles. The Bertz CT molecular complexity index is 886. The minimum absolute atomic E-state index is 0.566. The second-order valence-electron chi connectivity index (χ2n) is 10.7. The number of allylic oxidation sites excluding steroid dienone is 1. The first kappa shape index (κ1) is 21.3. The molecule has 0 N–H and O–H groups in total. The molecule has 0 spiro atoms. The van der Waals surface area contributed by atoms with Crippen molar-refractivity contribution in [2.75, 3.05) is 0 Å². The highest BCUT2D eigenvalue weighted by Crippen LogP contribution is 2.39. The van der Waals surface area contributed by atoms with Crippen LogP contribution in [-0.2, 0) is 6.42 Å². The zero-order valence-electron chi connectivity index (χ0n) is 19.3. The fourth-order valence-electron chi connectivity index (χ4n) is 3.96. The van der Waals surface area contributed by atoms with Crippen LogP contribution in [0.2, 0.25) is 39.3 Å². The summed E-state index contributed by atoms with van der Waals surface area (Å²) in [5, 5.41) is 3.19. The van der Waals surface area contributed by atoms with Crippen LogP contribution in [0, 0.1) is 12.3 Å². The van der Waals surface area contributed by atoms with Crippen molar-refractivity contribution in [3.63, 3.8) is 0 Å². The molecule has 2 heteroatoms. The van der Waals surface area contributed by atoms with Crippen LogP contribution in [0.15, 0.2) is 35.9 Å². The van der Waals surface area contributed by atoms with Crippen molar-refractivity contribution in [3.8, 4) is 11.1 Å². The van der Waals surface area contributed by atoms with Crippen molar-refractivity contribution in [1.29, 1.82) is 0 Å². The molecule has 0 nitrogen and oxygen atoms in total. The number of rotatable bonds is 5. The smallest absolute Gasteiger partial charge is 0.0656 e. The number of hydrogen-bond donors (Lipinski definition) is 0. The number of fused-ring (bicyclic) bond motifs is 1. The van der Waals surface area contributed by atoms with Crippen LogP contribution in [0.1, 0.15) is 37.5 Å². The monoisotopic (exact) mass is 405 g/mol. The average Bonchev–Trinajstić information content (AvgIpc) is 3.03. The summed E-state index contributed by atoms with van der Waals surface area (Å²) in [7, 11) is -2.79. The SMILES string of the molecule is CCc1ccc2c(c1-c1cc([Si](C)(C)C)cc([Si](C)(C)C)c1)C=C(C(C)C)[CH]2. The standard InChI is InChI=1S/C26H37Si2/c1-10-19-11-12-20-13-21(18(2)3)16-25(20)26(19)22-14-23(27(4,5)6)17-24(15-22)28(7,8)9/h11-18H,10H2,1-9H3. The van der Waals surface area contributed by atoms with Gasteiger partial charge >= 0.3 is 0 Å². The Morgan fingerprint density at radius 3 is 1.86 bits per heavy atom. The van der Waals surface area contributed by atoms with E-state index < -0.39 is 16.1 Å². The molecule has 0 bridgehead atoms. The van der Waals surface area contributed by atoms with E-state index in [2.05, 4.69) is 103 Å². The van der Waals surface area contributed by atoms with E-state index in [9.17, 15) is 0 Å². The highest BCUT2D eigenvalue weighted by molar-refractivity contribution is 6.91. The molecule has 0 heterocycles. The largest absolute Gasteiger partial charge is 0.0776 e. The van der Waals surface area contributed by atoms with Gasteiger partial charge < -0.3 is 0 Å². The quantitative estimate of drug-likeness (QED) is 0.491. The lowest BCUT2D eigenvalue weighted by Crippen LogP contribution is -2.45. The van der Waals surface area contributed by atoms with Gasteiger partial charge in [-0.1, -0.05) is 112 Å². The Labute approximate surface area is 175 Å². The predicted molar refractivity (Wildman–Crippen MR) is 133 cm³/mol. The van der Waals surface area contributed by atoms with Crippen LogP contribution < -0.4 is 10.4 Å². The van der Waals surface area contributed by atoms with Crippen LogP contribution in [-0.4, -0.2) is 16.1 Å². The molecule has 0 saturated heterocycles. The summed E-state index contributed by atoms with van der Waals surface area (Å²) in [6.07, 6.45) is 5.92. The lowest BCUT2D eigenvalue weighted by molar-refractivity contribution is 0.789. The van der Waals surface area contributed by atoms with Gasteiger partial charge in [0.1, 0.15) is 0 Å². The minimum atomic E-state index is -1.39. The van der Waals surface area contributed by atoms with Gasteiger partial charge in [0.25, 0.3) is 0 Å². The molecule has 149 valence electrons. The fourth-order valence-corrected chi connectivity index (χ4v) is 6.46. The summed E-state index contributed by atoms with van der Waals surface area (Å²) in [5.41, 5.74) is 8.69. The van der Waals surface area contributed by atoms with Crippen molar-refractivity contribution < 1.29 is 0 Å². The molecule has 28 heavy (non-hydrogen) atoms. The molecule has 0 aromatic heterocycles. The lowest BCUT2D eigenvalue weighted by Gasteiger charge is -2.25. The van der Waals surface area contributed by atoms with E-state index in [1.54, 1.807) is 10.4 Å². The third kappa shape index (κ3) is 4.13. The Morgan fingerprint density at radius 2 is 1.39 bits per heavy atom. The zero-order valence-corrected chi connectivity index (χ0v) is 21.3. The first-order valence-electron chi connectivity index (χ1n) is 10.8. The molecule has 0 unspecified atom stereocenters. The van der Waals surface area contributed by atoms with Gasteiger partial charge in [-0.3, -0.25) is 0 Å². The highest BCUT2D eigenvalue weighted by Gasteiger charge is 2.26. The lowest BCUT2D eigenvalue weighted by atomic mass is 9.91. The summed E-state index contributed by atoms with van der Waals surface area (Å²) in [4.78, 5) is 0. The molecule has 1 radical (unpaired) electrons. The van der Waals surface area contributed by atoms with Crippen molar-refractivity contribution in [3.05, 3.63) is 59.0 Å². The summed E-state index contributed by atoms with van der Waals surface area (Å²) < 4.78 is 0. The van der Waals surface area contributed by atoms with Crippen molar-refractivity contribution in [2.45, 2.75) is 66.5 Å². The van der Waals surface area contributed by atoms with Gasteiger partial charge in [0, 0.05) is 6.42 Å². The van der Waals surface area contributed by atoms with Gasteiger partial charge in [0.2, 0.25) is 0 Å². The Kier molecular flexibility index (Phi) is 5.68. The normalized spacial score (nSPS) is 14.4. The maximum absolute atomic E-state index is 2.54. The molecular weight excluding hydrogens is 368 g/mol. The Hall–Kier alpha value is -1.39. The van der Waals surface area contributed by atoms with Crippen molar-refractivity contribution in [1.82, 2.24) is 0 Å². The van der Waals surface area contributed by atoms with Crippen LogP contribution >= 0.6 is 0 Å². The minimum Gasteiger partial charge on any atom is -0.0656 e. The summed E-state index contributed by atoms with van der Waals surface area (Å²) in [6, 6.07) is 12.3. The third-order valence-corrected chi connectivity index (χ3v) is 10.0. The molecule has 1 aliphatic rings. The number of benzene rings is 2. The molecule has 0 amide bonds. The number of aryl methyl sites for hydroxylation is 1. The Morgan fingerprint density at radius 1 is 0.821 bits per heavy atom. The highest BCUT2D eigenvalue weighted by atomic mass is 28.3. The molecule has 3 rings (SSSR count). The van der Waals surface area contributed by atoms with E-state index in [1.807, 2.05) is 0 Å².